The summed E-state index contributed by atoms with van der Waals surface area (Å²) in [5.41, 5.74) is 0.606. The fraction of sp³-hybridized carbons (Fsp3) is 0. The van der Waals surface area contributed by atoms with Gasteiger partial charge in [0.15, 0.2) is 0 Å². The maximum atomic E-state index is 9.29. The Bertz CT molecular complexity index is 379. The predicted octanol–water partition coefficient (Wildman–Crippen LogP) is 1.74. The van der Waals surface area contributed by atoms with Crippen LogP contribution in [0.1, 0.15) is 0 Å². The number of nitrogens with zero attached hydrogens (tertiary/aromatic N) is 1. The molecule has 1 radical (unpaired) electrons. The number of hydrogen-bond donors (Lipinski definition) is 1. The van der Waals surface area contributed by atoms with Crippen LogP contribution in [0.3, 0.4) is 0 Å². The van der Waals surface area contributed by atoms with Crippen molar-refractivity contribution < 1.29 is 5.11 Å². The lowest BCUT2D eigenvalue weighted by atomic mass is 10.2. The number of pyridine rings is 1. The van der Waals surface area contributed by atoms with Crippen molar-refractivity contribution in [3.05, 3.63) is 36.5 Å². The average molecular weight is 144 g/mol. The van der Waals surface area contributed by atoms with Crippen LogP contribution in [0.4, 0.5) is 0 Å². The first-order valence-electron chi connectivity index (χ1n) is 3.32. The number of phenols is 1. The van der Waals surface area contributed by atoms with Crippen molar-refractivity contribution in [2.75, 3.05) is 0 Å². The molecule has 2 aromatic rings. The molecule has 1 aromatic heterocycles. The molecule has 2 nitrogen and oxygen atoms in total. The number of fused-ring (bicyclic) bond motifs is 1. The van der Waals surface area contributed by atoms with Crippen LogP contribution in [0.2, 0.25) is 0 Å². The van der Waals surface area contributed by atoms with Crippen LogP contribution in [0.15, 0.2) is 30.5 Å². The van der Waals surface area contributed by atoms with Crippen molar-refractivity contribution in [2.24, 2.45) is 0 Å². The van der Waals surface area contributed by atoms with Gasteiger partial charge in [-0.15, -0.1) is 0 Å². The first kappa shape index (κ1) is 6.16. The fourth-order valence-corrected chi connectivity index (χ4v) is 1.02. The van der Waals surface area contributed by atoms with Gasteiger partial charge in [-0.2, -0.15) is 0 Å². The molecule has 2 rings (SSSR count). The number of benzene rings is 1. The molecule has 11 heavy (non-hydrogen) atoms. The summed E-state index contributed by atoms with van der Waals surface area (Å²) in [6.45, 7) is 0. The number of hydrogen-bond acceptors (Lipinski definition) is 2. The van der Waals surface area contributed by atoms with E-state index in [2.05, 4.69) is 11.1 Å². The van der Waals surface area contributed by atoms with Gasteiger partial charge in [-0.05, 0) is 24.3 Å². The number of aromatic hydroxyl groups is 1. The van der Waals surface area contributed by atoms with Crippen LogP contribution in [0, 0.1) is 6.07 Å². The zero-order chi connectivity index (χ0) is 7.68. The molecule has 0 spiro atoms. The van der Waals surface area contributed by atoms with E-state index in [0.29, 0.717) is 5.52 Å². The van der Waals surface area contributed by atoms with E-state index < -0.39 is 0 Å². The van der Waals surface area contributed by atoms with Gasteiger partial charge in [0.05, 0.1) is 0 Å². The lowest BCUT2D eigenvalue weighted by Crippen LogP contribution is -1.76. The molecular formula is C9H6NO. The van der Waals surface area contributed by atoms with Crippen LogP contribution < -0.4 is 0 Å². The lowest BCUT2D eigenvalue weighted by molar-refractivity contribution is 0.480. The Morgan fingerprint density at radius 2 is 2.27 bits per heavy atom. The van der Waals surface area contributed by atoms with Crippen molar-refractivity contribution >= 4 is 10.9 Å². The molecule has 2 heteroatoms. The topological polar surface area (TPSA) is 33.1 Å². The van der Waals surface area contributed by atoms with Crippen molar-refractivity contribution in [2.45, 2.75) is 0 Å². The summed E-state index contributed by atoms with van der Waals surface area (Å²) >= 11 is 0. The molecule has 0 fully saturated rings. The molecule has 0 amide bonds. The third-order valence-corrected chi connectivity index (χ3v) is 1.53. The SMILES string of the molecule is Oc1cc[c]c2cccnc12. The zero-order valence-corrected chi connectivity index (χ0v) is 5.78. The van der Waals surface area contributed by atoms with Crippen LogP contribution in [0.25, 0.3) is 10.9 Å². The largest absolute Gasteiger partial charge is 0.506 e. The second-order valence-electron chi connectivity index (χ2n) is 2.26. The van der Waals surface area contributed by atoms with Crippen molar-refractivity contribution in [1.29, 1.82) is 0 Å². The molecule has 1 aromatic carbocycles. The van der Waals surface area contributed by atoms with Gasteiger partial charge in [0.2, 0.25) is 0 Å². The highest BCUT2D eigenvalue weighted by molar-refractivity contribution is 5.83. The van der Waals surface area contributed by atoms with E-state index in [9.17, 15) is 5.11 Å². The van der Waals surface area contributed by atoms with Gasteiger partial charge in [-0.1, -0.05) is 6.07 Å². The molecule has 0 saturated carbocycles. The highest BCUT2D eigenvalue weighted by atomic mass is 16.3. The van der Waals surface area contributed by atoms with E-state index in [1.807, 2.05) is 12.1 Å². The molecule has 0 aliphatic carbocycles. The Kier molecular flexibility index (Phi) is 1.25. The summed E-state index contributed by atoms with van der Waals surface area (Å²) in [6, 6.07) is 9.91. The zero-order valence-electron chi connectivity index (χ0n) is 5.78. The minimum atomic E-state index is 0.208. The summed E-state index contributed by atoms with van der Waals surface area (Å²) < 4.78 is 0. The highest BCUT2D eigenvalue weighted by Gasteiger charge is 1.96. The molecular weight excluding hydrogens is 138 g/mol. The smallest absolute Gasteiger partial charge is 0.141 e. The van der Waals surface area contributed by atoms with Gasteiger partial charge < -0.3 is 5.11 Å². The van der Waals surface area contributed by atoms with Gasteiger partial charge in [-0.25, -0.2) is 0 Å². The summed E-state index contributed by atoms with van der Waals surface area (Å²) in [5, 5.41) is 10.1. The number of aromatic nitrogens is 1. The quantitative estimate of drug-likeness (QED) is 0.611. The Labute approximate surface area is 64.1 Å². The van der Waals surface area contributed by atoms with Crippen molar-refractivity contribution in [3.8, 4) is 5.75 Å². The molecule has 1 N–H and O–H groups in total. The summed E-state index contributed by atoms with van der Waals surface area (Å²) in [4.78, 5) is 4.00. The Morgan fingerprint density at radius 3 is 3.09 bits per heavy atom. The fourth-order valence-electron chi connectivity index (χ4n) is 1.02. The summed E-state index contributed by atoms with van der Waals surface area (Å²) in [7, 11) is 0. The van der Waals surface area contributed by atoms with E-state index in [1.54, 1.807) is 18.3 Å². The second kappa shape index (κ2) is 2.23. The third kappa shape index (κ3) is 0.923. The highest BCUT2D eigenvalue weighted by Crippen LogP contribution is 2.19. The van der Waals surface area contributed by atoms with E-state index in [1.165, 1.54) is 0 Å². The third-order valence-electron chi connectivity index (χ3n) is 1.53. The van der Waals surface area contributed by atoms with E-state index in [-0.39, 0.29) is 5.75 Å². The summed E-state index contributed by atoms with van der Waals surface area (Å²) in [6.07, 6.45) is 1.65. The molecule has 0 bridgehead atoms. The second-order valence-corrected chi connectivity index (χ2v) is 2.26. The molecule has 0 aliphatic heterocycles. The Hall–Kier alpha value is -1.57. The maximum Gasteiger partial charge on any atom is 0.141 e. The predicted molar refractivity (Wildman–Crippen MR) is 42.2 cm³/mol. The first-order valence-corrected chi connectivity index (χ1v) is 3.32. The molecule has 0 unspecified atom stereocenters. The molecule has 53 valence electrons. The van der Waals surface area contributed by atoms with Gasteiger partial charge >= 0.3 is 0 Å². The minimum absolute atomic E-state index is 0.208. The average Bonchev–Trinajstić information content (AvgIpc) is 2.06. The van der Waals surface area contributed by atoms with Crippen LogP contribution in [-0.4, -0.2) is 10.1 Å². The van der Waals surface area contributed by atoms with Gasteiger partial charge in [-0.3, -0.25) is 4.98 Å². The standard InChI is InChI=1S/C9H6NO/c11-8-5-1-3-7-4-2-6-10-9(7)8/h1-2,4-6,11H. The van der Waals surface area contributed by atoms with E-state index in [0.717, 1.165) is 5.39 Å². The van der Waals surface area contributed by atoms with Crippen LogP contribution >= 0.6 is 0 Å². The molecule has 0 atom stereocenters. The van der Waals surface area contributed by atoms with Crippen molar-refractivity contribution in [1.82, 2.24) is 4.98 Å². The molecule has 0 aliphatic rings. The minimum Gasteiger partial charge on any atom is -0.506 e. The van der Waals surface area contributed by atoms with Gasteiger partial charge in [0, 0.05) is 11.6 Å². The number of rotatable bonds is 0. The monoisotopic (exact) mass is 144 g/mol. The maximum absolute atomic E-state index is 9.29. The summed E-state index contributed by atoms with van der Waals surface area (Å²) in [5.74, 6) is 0.208. The Morgan fingerprint density at radius 1 is 1.36 bits per heavy atom. The van der Waals surface area contributed by atoms with Gasteiger partial charge in [0.25, 0.3) is 0 Å². The van der Waals surface area contributed by atoms with Crippen LogP contribution in [0.5, 0.6) is 5.75 Å². The van der Waals surface area contributed by atoms with Gasteiger partial charge in [0.1, 0.15) is 11.3 Å². The Balaban J connectivity index is 2.91. The normalized spacial score (nSPS) is 10.2. The first-order chi connectivity index (χ1) is 5.38. The van der Waals surface area contributed by atoms with Crippen molar-refractivity contribution in [3.63, 3.8) is 0 Å². The number of phenolic OH excluding ortho intramolecular Hbond substituents is 1. The van der Waals surface area contributed by atoms with E-state index in [4.69, 9.17) is 0 Å². The van der Waals surface area contributed by atoms with Crippen LogP contribution in [-0.2, 0) is 0 Å². The molecule has 1 heterocycles. The van der Waals surface area contributed by atoms with E-state index >= 15 is 0 Å². The molecule has 0 saturated heterocycles. The lowest BCUT2D eigenvalue weighted by Gasteiger charge is -1.96.